The first-order valence-electron chi connectivity index (χ1n) is 4.65. The molecule has 1 rings (SSSR count). The molecule has 0 bridgehead atoms. The lowest BCUT2D eigenvalue weighted by atomic mass is 10.0. The van der Waals surface area contributed by atoms with Crippen molar-refractivity contribution in [2.24, 2.45) is 5.92 Å². The van der Waals surface area contributed by atoms with Crippen molar-refractivity contribution in [1.29, 1.82) is 0 Å². The Morgan fingerprint density at radius 3 is 2.79 bits per heavy atom. The zero-order valence-corrected chi connectivity index (χ0v) is 8.23. The number of carbonyl (C=O) groups excluding carboxylic acids is 1. The zero-order valence-electron chi connectivity index (χ0n) is 8.23. The number of aliphatic carboxylic acids is 1. The summed E-state index contributed by atoms with van der Waals surface area (Å²) < 4.78 is 5.16. The molecule has 0 aromatic carbocycles. The molecule has 5 heteroatoms. The minimum Gasteiger partial charge on any atom is -0.480 e. The summed E-state index contributed by atoms with van der Waals surface area (Å²) in [6, 6.07) is 0. The number of carboxylic acid groups (broad SMARTS) is 1. The van der Waals surface area contributed by atoms with Crippen LogP contribution >= 0.6 is 0 Å². The normalized spacial score (nSPS) is 21.6. The lowest BCUT2D eigenvalue weighted by Crippen LogP contribution is -2.39. The van der Waals surface area contributed by atoms with Crippen LogP contribution in [0.3, 0.4) is 0 Å². The molecule has 0 aromatic rings. The van der Waals surface area contributed by atoms with E-state index in [1.807, 2.05) is 0 Å². The van der Waals surface area contributed by atoms with Crippen molar-refractivity contribution in [2.45, 2.75) is 12.8 Å². The predicted molar refractivity (Wildman–Crippen MR) is 48.8 cm³/mol. The van der Waals surface area contributed by atoms with Crippen molar-refractivity contribution >= 4 is 11.9 Å². The van der Waals surface area contributed by atoms with Gasteiger partial charge in [0.1, 0.15) is 6.54 Å². The number of hydrogen-bond donors (Lipinski definition) is 1. The number of nitrogens with zero attached hydrogens (tertiary/aromatic N) is 1. The first-order valence-corrected chi connectivity index (χ1v) is 4.65. The number of hydrogen-bond acceptors (Lipinski definition) is 3. The molecule has 80 valence electrons. The van der Waals surface area contributed by atoms with Gasteiger partial charge in [-0.1, -0.05) is 0 Å². The van der Waals surface area contributed by atoms with Crippen LogP contribution in [-0.2, 0) is 14.3 Å². The maximum absolute atomic E-state index is 11.6. The van der Waals surface area contributed by atoms with Crippen LogP contribution < -0.4 is 0 Å². The molecule has 1 amide bonds. The number of amides is 1. The van der Waals surface area contributed by atoms with Gasteiger partial charge >= 0.3 is 5.97 Å². The minimum atomic E-state index is -0.988. The van der Waals surface area contributed by atoms with E-state index in [0.717, 1.165) is 12.8 Å². The van der Waals surface area contributed by atoms with Gasteiger partial charge in [-0.25, -0.2) is 0 Å². The summed E-state index contributed by atoms with van der Waals surface area (Å²) in [6.07, 6.45) is 1.67. The van der Waals surface area contributed by atoms with Gasteiger partial charge in [-0.15, -0.1) is 0 Å². The number of rotatable bonds is 3. The van der Waals surface area contributed by atoms with E-state index in [9.17, 15) is 9.59 Å². The predicted octanol–water partition coefficient (Wildman–Crippen LogP) is -0.0440. The smallest absolute Gasteiger partial charge is 0.323 e. The van der Waals surface area contributed by atoms with Gasteiger partial charge in [0, 0.05) is 13.7 Å². The zero-order chi connectivity index (χ0) is 10.6. The third kappa shape index (κ3) is 2.99. The number of likely N-dealkylation sites (N-methyl/N-ethyl adjacent to an activating group) is 1. The molecule has 14 heavy (non-hydrogen) atoms. The molecule has 1 N–H and O–H groups in total. The summed E-state index contributed by atoms with van der Waals surface area (Å²) in [7, 11) is 1.51. The first kappa shape index (κ1) is 11.0. The Morgan fingerprint density at radius 1 is 1.57 bits per heavy atom. The van der Waals surface area contributed by atoms with Crippen LogP contribution in [0.2, 0.25) is 0 Å². The third-order valence-electron chi connectivity index (χ3n) is 2.26. The second-order valence-corrected chi connectivity index (χ2v) is 3.50. The molecule has 1 fully saturated rings. The van der Waals surface area contributed by atoms with E-state index in [4.69, 9.17) is 9.84 Å². The van der Waals surface area contributed by atoms with Crippen LogP contribution in [0, 0.1) is 5.92 Å². The summed E-state index contributed by atoms with van der Waals surface area (Å²) in [6.45, 7) is 0.880. The highest BCUT2D eigenvalue weighted by atomic mass is 16.5. The quantitative estimate of drug-likeness (QED) is 0.695. The molecular formula is C9H15NO4. The molecular weight excluding hydrogens is 186 g/mol. The van der Waals surface area contributed by atoms with Crippen molar-refractivity contribution in [3.05, 3.63) is 0 Å². The molecule has 0 spiro atoms. The fourth-order valence-electron chi connectivity index (χ4n) is 1.53. The molecule has 1 aliphatic heterocycles. The van der Waals surface area contributed by atoms with E-state index in [1.54, 1.807) is 0 Å². The number of carboxylic acids is 1. The maximum Gasteiger partial charge on any atom is 0.323 e. The van der Waals surface area contributed by atoms with Gasteiger partial charge in [0.05, 0.1) is 12.5 Å². The highest BCUT2D eigenvalue weighted by Crippen LogP contribution is 2.15. The summed E-state index contributed by atoms with van der Waals surface area (Å²) in [5.41, 5.74) is 0. The maximum atomic E-state index is 11.6. The molecule has 0 aliphatic carbocycles. The van der Waals surface area contributed by atoms with Crippen LogP contribution in [-0.4, -0.2) is 48.7 Å². The average Bonchev–Trinajstić information content (AvgIpc) is 2.17. The SMILES string of the molecule is CN(CC(=O)O)C(=O)C1CCCOC1. The second kappa shape index (κ2) is 4.95. The Kier molecular flexibility index (Phi) is 3.88. The van der Waals surface area contributed by atoms with Crippen LogP contribution in [0.15, 0.2) is 0 Å². The van der Waals surface area contributed by atoms with Gasteiger partial charge in [-0.3, -0.25) is 9.59 Å². The number of carbonyl (C=O) groups is 2. The van der Waals surface area contributed by atoms with E-state index in [0.29, 0.717) is 13.2 Å². The Bertz CT molecular complexity index is 223. The van der Waals surface area contributed by atoms with Crippen molar-refractivity contribution in [3.63, 3.8) is 0 Å². The first-order chi connectivity index (χ1) is 6.61. The third-order valence-corrected chi connectivity index (χ3v) is 2.26. The summed E-state index contributed by atoms with van der Waals surface area (Å²) in [5.74, 6) is -1.28. The van der Waals surface area contributed by atoms with Gasteiger partial charge < -0.3 is 14.7 Å². The van der Waals surface area contributed by atoms with Crippen LogP contribution in [0.25, 0.3) is 0 Å². The Balaban J connectivity index is 2.42. The molecule has 5 nitrogen and oxygen atoms in total. The van der Waals surface area contributed by atoms with Crippen molar-refractivity contribution in [2.75, 3.05) is 26.8 Å². The van der Waals surface area contributed by atoms with Gasteiger partial charge in [0.15, 0.2) is 0 Å². The number of ether oxygens (including phenoxy) is 1. The minimum absolute atomic E-state index is 0.132. The Labute approximate surface area is 82.6 Å². The van der Waals surface area contributed by atoms with Gasteiger partial charge in [0.25, 0.3) is 0 Å². The monoisotopic (exact) mass is 201 g/mol. The van der Waals surface area contributed by atoms with Gasteiger partial charge in [-0.05, 0) is 12.8 Å². The van der Waals surface area contributed by atoms with E-state index in [1.165, 1.54) is 11.9 Å². The molecule has 1 atom stereocenters. The molecule has 1 unspecified atom stereocenters. The molecule has 1 heterocycles. The van der Waals surface area contributed by atoms with Crippen molar-refractivity contribution < 1.29 is 19.4 Å². The van der Waals surface area contributed by atoms with Crippen LogP contribution in [0.1, 0.15) is 12.8 Å². The van der Waals surface area contributed by atoms with Crippen molar-refractivity contribution in [1.82, 2.24) is 4.90 Å². The van der Waals surface area contributed by atoms with E-state index >= 15 is 0 Å². The molecule has 0 radical (unpaired) electrons. The summed E-state index contributed by atoms with van der Waals surface area (Å²) in [5, 5.41) is 8.51. The largest absolute Gasteiger partial charge is 0.480 e. The second-order valence-electron chi connectivity index (χ2n) is 3.50. The lowest BCUT2D eigenvalue weighted by molar-refractivity contribution is -0.147. The van der Waals surface area contributed by atoms with E-state index < -0.39 is 5.97 Å². The Morgan fingerprint density at radius 2 is 2.29 bits per heavy atom. The molecule has 0 aromatic heterocycles. The summed E-state index contributed by atoms with van der Waals surface area (Å²) in [4.78, 5) is 23.2. The van der Waals surface area contributed by atoms with E-state index in [2.05, 4.69) is 0 Å². The molecule has 1 aliphatic rings. The fraction of sp³-hybridized carbons (Fsp3) is 0.778. The highest BCUT2D eigenvalue weighted by molar-refractivity contribution is 5.82. The van der Waals surface area contributed by atoms with Crippen LogP contribution in [0.4, 0.5) is 0 Å². The molecule has 0 saturated carbocycles. The standard InChI is InChI=1S/C9H15NO4/c1-10(5-8(11)12)9(13)7-3-2-4-14-6-7/h7H,2-6H2,1H3,(H,11,12). The molecule has 1 saturated heterocycles. The van der Waals surface area contributed by atoms with Gasteiger partial charge in [0.2, 0.25) is 5.91 Å². The Hall–Kier alpha value is -1.10. The summed E-state index contributed by atoms with van der Waals surface area (Å²) >= 11 is 0. The highest BCUT2D eigenvalue weighted by Gasteiger charge is 2.25. The fourth-order valence-corrected chi connectivity index (χ4v) is 1.53. The topological polar surface area (TPSA) is 66.8 Å². The average molecular weight is 201 g/mol. The van der Waals surface area contributed by atoms with E-state index in [-0.39, 0.29) is 18.4 Å². The van der Waals surface area contributed by atoms with Crippen LogP contribution in [0.5, 0.6) is 0 Å². The van der Waals surface area contributed by atoms with Gasteiger partial charge in [-0.2, -0.15) is 0 Å². The van der Waals surface area contributed by atoms with Crippen molar-refractivity contribution in [3.8, 4) is 0 Å². The lowest BCUT2D eigenvalue weighted by Gasteiger charge is -2.25.